The van der Waals surface area contributed by atoms with Crippen molar-refractivity contribution in [2.24, 2.45) is 10.2 Å². The fraction of sp³-hybridized carbons (Fsp3) is 0.333. The molecule has 1 aromatic carbocycles. The predicted molar refractivity (Wildman–Crippen MR) is 98.6 cm³/mol. The average molecular weight is 369 g/mol. The van der Waals surface area contributed by atoms with E-state index in [4.69, 9.17) is 0 Å². The normalized spacial score (nSPS) is 10.9. The monoisotopic (exact) mass is 369 g/mol. The molecule has 0 radical (unpaired) electrons. The lowest BCUT2D eigenvalue weighted by Gasteiger charge is -2.12. The molecule has 0 aliphatic rings. The molecule has 2 rings (SSSR count). The van der Waals surface area contributed by atoms with Crippen LogP contribution >= 0.6 is 0 Å². The molecule has 0 atom stereocenters. The molecular formula is C18H19N5O4. The van der Waals surface area contributed by atoms with E-state index in [0.717, 1.165) is 17.4 Å². The second-order valence-electron chi connectivity index (χ2n) is 5.92. The van der Waals surface area contributed by atoms with E-state index in [1.54, 1.807) is 0 Å². The maximum Gasteiger partial charge on any atom is 0.281 e. The van der Waals surface area contributed by atoms with Gasteiger partial charge in [0.1, 0.15) is 11.6 Å². The number of hydrogen-bond acceptors (Lipinski definition) is 7. The third kappa shape index (κ3) is 4.36. The minimum atomic E-state index is -0.536. The van der Waals surface area contributed by atoms with Gasteiger partial charge in [-0.05, 0) is 25.5 Å². The van der Waals surface area contributed by atoms with Gasteiger partial charge in [0.25, 0.3) is 11.2 Å². The van der Waals surface area contributed by atoms with Crippen molar-refractivity contribution in [2.75, 3.05) is 0 Å². The molecule has 0 unspecified atom stereocenters. The third-order valence-electron chi connectivity index (χ3n) is 4.08. The number of nitro groups is 1. The third-order valence-corrected chi connectivity index (χ3v) is 4.08. The number of hydrogen-bond donors (Lipinski definition) is 1. The maximum atomic E-state index is 12.7. The summed E-state index contributed by atoms with van der Waals surface area (Å²) in [5.41, 5.74) is -0.130. The van der Waals surface area contributed by atoms with Crippen LogP contribution in [-0.2, 0) is 6.54 Å². The Balaban J connectivity index is 2.46. The Morgan fingerprint density at radius 3 is 2.48 bits per heavy atom. The fourth-order valence-electron chi connectivity index (χ4n) is 2.53. The summed E-state index contributed by atoms with van der Waals surface area (Å²) in [6.45, 7) is 3.80. The topological polar surface area (TPSA) is 134 Å². The van der Waals surface area contributed by atoms with Gasteiger partial charge in [0.05, 0.1) is 10.6 Å². The smallest absolute Gasteiger partial charge is 0.281 e. The zero-order valence-electron chi connectivity index (χ0n) is 15.0. The van der Waals surface area contributed by atoms with Crippen molar-refractivity contribution in [1.82, 2.24) is 4.57 Å². The number of aromatic nitrogens is 1. The molecule has 0 bridgehead atoms. The first-order valence-electron chi connectivity index (χ1n) is 8.43. The molecule has 9 heteroatoms. The quantitative estimate of drug-likeness (QED) is 0.337. The van der Waals surface area contributed by atoms with Crippen LogP contribution in [0.5, 0.6) is 5.88 Å². The molecule has 0 saturated heterocycles. The van der Waals surface area contributed by atoms with Crippen LogP contribution < -0.4 is 5.56 Å². The predicted octanol–water partition coefficient (Wildman–Crippen LogP) is 4.25. The number of nitrogens with zero attached hydrogens (tertiary/aromatic N) is 5. The zero-order chi connectivity index (χ0) is 20.0. The summed E-state index contributed by atoms with van der Waals surface area (Å²) in [5, 5.41) is 38.1. The molecular weight excluding hydrogens is 350 g/mol. The Morgan fingerprint density at radius 2 is 1.93 bits per heavy atom. The van der Waals surface area contributed by atoms with Gasteiger partial charge in [-0.3, -0.25) is 19.5 Å². The summed E-state index contributed by atoms with van der Waals surface area (Å²) in [5.74, 6) is -0.370. The van der Waals surface area contributed by atoms with E-state index in [-0.39, 0.29) is 34.9 Å². The number of nitro benzene ring substituents is 1. The number of rotatable bonds is 7. The number of benzene rings is 1. The van der Waals surface area contributed by atoms with Crippen molar-refractivity contribution in [1.29, 1.82) is 5.26 Å². The Morgan fingerprint density at radius 1 is 1.26 bits per heavy atom. The Hall–Kier alpha value is -3.54. The second-order valence-corrected chi connectivity index (χ2v) is 5.92. The van der Waals surface area contributed by atoms with Gasteiger partial charge in [-0.2, -0.15) is 10.4 Å². The van der Waals surface area contributed by atoms with Gasteiger partial charge in [-0.25, -0.2) is 0 Å². The van der Waals surface area contributed by atoms with E-state index in [1.165, 1.54) is 31.2 Å². The highest BCUT2D eigenvalue weighted by Gasteiger charge is 2.19. The first-order valence-corrected chi connectivity index (χ1v) is 8.43. The van der Waals surface area contributed by atoms with E-state index in [9.17, 15) is 25.3 Å². The van der Waals surface area contributed by atoms with Crippen molar-refractivity contribution in [3.8, 4) is 11.9 Å². The van der Waals surface area contributed by atoms with Gasteiger partial charge in [0.2, 0.25) is 5.88 Å². The van der Waals surface area contributed by atoms with Crippen LogP contribution in [0.2, 0.25) is 0 Å². The van der Waals surface area contributed by atoms with Gasteiger partial charge in [0, 0.05) is 24.2 Å². The van der Waals surface area contributed by atoms with Crippen molar-refractivity contribution in [3.05, 3.63) is 55.9 Å². The lowest BCUT2D eigenvalue weighted by Crippen LogP contribution is -2.22. The first kappa shape index (κ1) is 19.8. The van der Waals surface area contributed by atoms with E-state index in [2.05, 4.69) is 10.2 Å². The second kappa shape index (κ2) is 8.71. The van der Waals surface area contributed by atoms with Crippen LogP contribution in [0.25, 0.3) is 0 Å². The Bertz CT molecular complexity index is 971. The SMILES string of the molecule is CCCCCn1c(O)c(C#N)c(C)c(N=Nc2ccc([N+](=O)[O-])cc2)c1=O. The van der Waals surface area contributed by atoms with Gasteiger partial charge in [-0.15, -0.1) is 5.11 Å². The molecule has 140 valence electrons. The molecule has 1 aromatic heterocycles. The molecule has 0 aliphatic heterocycles. The van der Waals surface area contributed by atoms with Crippen molar-refractivity contribution in [2.45, 2.75) is 39.7 Å². The molecule has 9 nitrogen and oxygen atoms in total. The Labute approximate surface area is 155 Å². The van der Waals surface area contributed by atoms with Gasteiger partial charge in [-0.1, -0.05) is 19.8 Å². The molecule has 0 spiro atoms. The fourth-order valence-corrected chi connectivity index (χ4v) is 2.53. The number of aromatic hydroxyl groups is 1. The van der Waals surface area contributed by atoms with E-state index in [0.29, 0.717) is 12.1 Å². The summed E-state index contributed by atoms with van der Waals surface area (Å²) in [6, 6.07) is 7.26. The minimum absolute atomic E-state index is 0.0243. The minimum Gasteiger partial charge on any atom is -0.493 e. The van der Waals surface area contributed by atoms with Crippen LogP contribution in [0.15, 0.2) is 39.3 Å². The highest BCUT2D eigenvalue weighted by molar-refractivity contribution is 5.56. The summed E-state index contributed by atoms with van der Waals surface area (Å²) in [7, 11) is 0. The number of azo groups is 1. The van der Waals surface area contributed by atoms with Crippen LogP contribution in [0, 0.1) is 28.4 Å². The van der Waals surface area contributed by atoms with Crippen molar-refractivity contribution in [3.63, 3.8) is 0 Å². The zero-order valence-corrected chi connectivity index (χ0v) is 15.0. The summed E-state index contributed by atoms with van der Waals surface area (Å²) in [4.78, 5) is 22.8. The number of unbranched alkanes of at least 4 members (excludes halogenated alkanes) is 2. The molecule has 0 fully saturated rings. The van der Waals surface area contributed by atoms with Crippen LogP contribution in [0.3, 0.4) is 0 Å². The van der Waals surface area contributed by atoms with Crippen LogP contribution in [-0.4, -0.2) is 14.6 Å². The van der Waals surface area contributed by atoms with Gasteiger partial charge < -0.3 is 5.11 Å². The summed E-state index contributed by atoms with van der Waals surface area (Å²) < 4.78 is 1.13. The standard InChI is InChI=1S/C18H19N5O4/c1-3-4-5-10-22-17(24)15(11-19)12(2)16(18(22)25)21-20-13-6-8-14(9-7-13)23(26)27/h6-9,24H,3-5,10H2,1-2H3. The summed E-state index contributed by atoms with van der Waals surface area (Å²) in [6.07, 6.45) is 2.50. The van der Waals surface area contributed by atoms with Crippen LogP contribution in [0.4, 0.5) is 17.1 Å². The molecule has 1 N–H and O–H groups in total. The number of non-ortho nitro benzene ring substituents is 1. The molecule has 0 amide bonds. The largest absolute Gasteiger partial charge is 0.493 e. The average Bonchev–Trinajstić information content (AvgIpc) is 2.65. The van der Waals surface area contributed by atoms with Crippen molar-refractivity contribution >= 4 is 17.1 Å². The van der Waals surface area contributed by atoms with E-state index < -0.39 is 10.5 Å². The first-order chi connectivity index (χ1) is 12.9. The molecule has 0 aliphatic carbocycles. The van der Waals surface area contributed by atoms with E-state index >= 15 is 0 Å². The lowest BCUT2D eigenvalue weighted by atomic mass is 10.1. The van der Waals surface area contributed by atoms with E-state index in [1.807, 2.05) is 13.0 Å². The highest BCUT2D eigenvalue weighted by atomic mass is 16.6. The van der Waals surface area contributed by atoms with Crippen LogP contribution in [0.1, 0.15) is 37.3 Å². The van der Waals surface area contributed by atoms with Gasteiger partial charge in [0.15, 0.2) is 5.69 Å². The molecule has 2 aromatic rings. The highest BCUT2D eigenvalue weighted by Crippen LogP contribution is 2.27. The summed E-state index contributed by atoms with van der Waals surface area (Å²) >= 11 is 0. The number of nitriles is 1. The molecule has 1 heterocycles. The lowest BCUT2D eigenvalue weighted by molar-refractivity contribution is -0.384. The van der Waals surface area contributed by atoms with Gasteiger partial charge >= 0.3 is 0 Å². The molecule has 0 saturated carbocycles. The maximum absolute atomic E-state index is 12.7. The Kier molecular flexibility index (Phi) is 6.38. The molecule has 27 heavy (non-hydrogen) atoms. The number of pyridine rings is 1. The van der Waals surface area contributed by atoms with Crippen molar-refractivity contribution < 1.29 is 10.0 Å².